The zero-order valence-electron chi connectivity index (χ0n) is 11.6. The number of carbonyl (C=O) groups is 1. The maximum Gasteiger partial charge on any atom is 0.306 e. The van der Waals surface area contributed by atoms with Crippen LogP contribution < -0.4 is 5.32 Å². The molecular weight excluding hydrogens is 262 g/mol. The minimum atomic E-state index is -0.795. The van der Waals surface area contributed by atoms with Crippen LogP contribution in [0.3, 0.4) is 0 Å². The average molecular weight is 283 g/mol. The Morgan fingerprint density at radius 1 is 1.50 bits per heavy atom. The second-order valence-corrected chi connectivity index (χ2v) is 5.50. The van der Waals surface area contributed by atoms with Gasteiger partial charge in [0.05, 0.1) is 11.5 Å². The van der Waals surface area contributed by atoms with E-state index in [-0.39, 0.29) is 5.92 Å². The lowest BCUT2D eigenvalue weighted by atomic mass is 9.79. The molecule has 0 unspecified atom stereocenters. The van der Waals surface area contributed by atoms with E-state index in [4.69, 9.17) is 9.63 Å². The van der Waals surface area contributed by atoms with Gasteiger partial charge >= 0.3 is 5.97 Å². The molecule has 0 radical (unpaired) electrons. The number of nitrogens with one attached hydrogen (secondary N) is 1. The molecule has 112 valence electrons. The van der Waals surface area contributed by atoms with Crippen LogP contribution in [0.2, 0.25) is 0 Å². The second-order valence-electron chi connectivity index (χ2n) is 5.50. The van der Waals surface area contributed by atoms with Crippen molar-refractivity contribution in [3.8, 4) is 0 Å². The standard InChI is InChI=1S/C13H21N3O4/c1-9-15-11(20-16-9)4-7-14-8-13(19)5-2-10(3-6-13)12(17)18/h10,14,19H,2-8H2,1H3,(H,17,18). The molecule has 1 fully saturated rings. The van der Waals surface area contributed by atoms with Crippen molar-refractivity contribution >= 4 is 5.97 Å². The van der Waals surface area contributed by atoms with Crippen LogP contribution in [-0.4, -0.2) is 45.0 Å². The first-order valence-electron chi connectivity index (χ1n) is 6.94. The summed E-state index contributed by atoms with van der Waals surface area (Å²) in [5.74, 6) is 0.130. The van der Waals surface area contributed by atoms with E-state index in [0.29, 0.717) is 56.9 Å². The minimum Gasteiger partial charge on any atom is -0.481 e. The summed E-state index contributed by atoms with van der Waals surface area (Å²) in [5.41, 5.74) is -0.795. The molecule has 1 heterocycles. The predicted octanol–water partition coefficient (Wildman–Crippen LogP) is 0.516. The highest BCUT2D eigenvalue weighted by Gasteiger charge is 2.35. The van der Waals surface area contributed by atoms with Crippen LogP contribution in [0.25, 0.3) is 0 Å². The zero-order valence-corrected chi connectivity index (χ0v) is 11.6. The van der Waals surface area contributed by atoms with Gasteiger partial charge in [-0.05, 0) is 32.6 Å². The normalized spacial score (nSPS) is 26.6. The van der Waals surface area contributed by atoms with E-state index in [0.717, 1.165) is 0 Å². The van der Waals surface area contributed by atoms with Crippen LogP contribution in [0.5, 0.6) is 0 Å². The van der Waals surface area contributed by atoms with Gasteiger partial charge in [-0.15, -0.1) is 0 Å². The number of nitrogens with zero attached hydrogens (tertiary/aromatic N) is 2. The van der Waals surface area contributed by atoms with Gasteiger partial charge in [-0.3, -0.25) is 4.79 Å². The Hall–Kier alpha value is -1.47. The van der Waals surface area contributed by atoms with Crippen LogP contribution in [0, 0.1) is 12.8 Å². The van der Waals surface area contributed by atoms with E-state index in [2.05, 4.69) is 15.5 Å². The number of hydrogen-bond donors (Lipinski definition) is 3. The van der Waals surface area contributed by atoms with Gasteiger partial charge in [-0.1, -0.05) is 5.16 Å². The van der Waals surface area contributed by atoms with Crippen molar-refractivity contribution in [2.75, 3.05) is 13.1 Å². The minimum absolute atomic E-state index is 0.309. The summed E-state index contributed by atoms with van der Waals surface area (Å²) in [4.78, 5) is 15.0. The van der Waals surface area contributed by atoms with E-state index >= 15 is 0 Å². The summed E-state index contributed by atoms with van der Waals surface area (Å²) < 4.78 is 4.99. The topological polar surface area (TPSA) is 108 Å². The molecule has 7 nitrogen and oxygen atoms in total. The first-order valence-corrected chi connectivity index (χ1v) is 6.94. The Kier molecular flexibility index (Phi) is 4.72. The predicted molar refractivity (Wildman–Crippen MR) is 70.2 cm³/mol. The van der Waals surface area contributed by atoms with E-state index in [1.807, 2.05) is 0 Å². The molecular formula is C13H21N3O4. The molecule has 0 aromatic carbocycles. The Balaban J connectivity index is 1.67. The van der Waals surface area contributed by atoms with Crippen molar-refractivity contribution in [2.24, 2.45) is 5.92 Å². The fraction of sp³-hybridized carbons (Fsp3) is 0.769. The first kappa shape index (κ1) is 14.9. The lowest BCUT2D eigenvalue weighted by molar-refractivity contribution is -0.144. The zero-order chi connectivity index (χ0) is 14.6. The number of aromatic nitrogens is 2. The average Bonchev–Trinajstić information content (AvgIpc) is 2.81. The van der Waals surface area contributed by atoms with E-state index in [1.165, 1.54) is 0 Å². The number of carboxylic acids is 1. The van der Waals surface area contributed by atoms with Gasteiger partial charge in [0.15, 0.2) is 5.82 Å². The summed E-state index contributed by atoms with van der Waals surface area (Å²) in [6, 6.07) is 0. The fourth-order valence-corrected chi connectivity index (χ4v) is 2.54. The van der Waals surface area contributed by atoms with Crippen molar-refractivity contribution in [1.82, 2.24) is 15.5 Å². The lowest BCUT2D eigenvalue weighted by Crippen LogP contribution is -2.44. The molecule has 0 bridgehead atoms. The van der Waals surface area contributed by atoms with Crippen LogP contribution >= 0.6 is 0 Å². The molecule has 0 aliphatic heterocycles. The number of aliphatic hydroxyl groups is 1. The van der Waals surface area contributed by atoms with Gasteiger partial charge in [0.1, 0.15) is 0 Å². The third-order valence-electron chi connectivity index (χ3n) is 3.80. The van der Waals surface area contributed by atoms with Crippen molar-refractivity contribution in [3.05, 3.63) is 11.7 Å². The third kappa shape index (κ3) is 4.01. The molecule has 0 amide bonds. The van der Waals surface area contributed by atoms with Gasteiger partial charge in [-0.25, -0.2) is 0 Å². The highest BCUT2D eigenvalue weighted by molar-refractivity contribution is 5.70. The largest absolute Gasteiger partial charge is 0.481 e. The van der Waals surface area contributed by atoms with Crippen molar-refractivity contribution in [1.29, 1.82) is 0 Å². The number of aryl methyl sites for hydroxylation is 1. The van der Waals surface area contributed by atoms with Crippen LogP contribution in [0.1, 0.15) is 37.4 Å². The SMILES string of the molecule is Cc1noc(CCNCC2(O)CCC(C(=O)O)CC2)n1. The molecule has 0 atom stereocenters. The summed E-state index contributed by atoms with van der Waals surface area (Å²) in [7, 11) is 0. The maximum absolute atomic E-state index is 10.9. The summed E-state index contributed by atoms with van der Waals surface area (Å²) in [5, 5.41) is 26.2. The van der Waals surface area contributed by atoms with Crippen LogP contribution in [-0.2, 0) is 11.2 Å². The van der Waals surface area contributed by atoms with Crippen molar-refractivity contribution < 1.29 is 19.5 Å². The highest BCUT2D eigenvalue weighted by Crippen LogP contribution is 2.31. The Morgan fingerprint density at radius 2 is 2.20 bits per heavy atom. The van der Waals surface area contributed by atoms with Gasteiger partial charge < -0.3 is 20.1 Å². The van der Waals surface area contributed by atoms with Gasteiger partial charge in [-0.2, -0.15) is 4.98 Å². The molecule has 2 rings (SSSR count). The quantitative estimate of drug-likeness (QED) is 0.653. The van der Waals surface area contributed by atoms with Gasteiger partial charge in [0.25, 0.3) is 0 Å². The lowest BCUT2D eigenvalue weighted by Gasteiger charge is -2.34. The van der Waals surface area contributed by atoms with Crippen molar-refractivity contribution in [3.63, 3.8) is 0 Å². The number of hydrogen-bond acceptors (Lipinski definition) is 6. The smallest absolute Gasteiger partial charge is 0.306 e. The van der Waals surface area contributed by atoms with E-state index < -0.39 is 11.6 Å². The number of carboxylic acid groups (broad SMARTS) is 1. The molecule has 1 saturated carbocycles. The molecule has 1 aliphatic rings. The molecule has 7 heteroatoms. The molecule has 1 aliphatic carbocycles. The fourth-order valence-electron chi connectivity index (χ4n) is 2.54. The maximum atomic E-state index is 10.9. The molecule has 3 N–H and O–H groups in total. The Labute approximate surface area is 117 Å². The van der Waals surface area contributed by atoms with E-state index in [1.54, 1.807) is 6.92 Å². The highest BCUT2D eigenvalue weighted by atomic mass is 16.5. The van der Waals surface area contributed by atoms with Gasteiger partial charge in [0, 0.05) is 19.5 Å². The summed E-state index contributed by atoms with van der Waals surface area (Å²) in [6.07, 6.45) is 2.74. The number of aliphatic carboxylic acids is 1. The molecule has 0 spiro atoms. The summed E-state index contributed by atoms with van der Waals surface area (Å²) >= 11 is 0. The van der Waals surface area contributed by atoms with E-state index in [9.17, 15) is 9.90 Å². The van der Waals surface area contributed by atoms with Crippen molar-refractivity contribution in [2.45, 2.75) is 44.6 Å². The molecule has 0 saturated heterocycles. The molecule has 20 heavy (non-hydrogen) atoms. The summed E-state index contributed by atoms with van der Waals surface area (Å²) in [6.45, 7) is 2.88. The third-order valence-corrected chi connectivity index (χ3v) is 3.80. The van der Waals surface area contributed by atoms with Crippen LogP contribution in [0.15, 0.2) is 4.52 Å². The Morgan fingerprint density at radius 3 is 2.75 bits per heavy atom. The first-order chi connectivity index (χ1) is 9.48. The van der Waals surface area contributed by atoms with Gasteiger partial charge in [0.2, 0.25) is 5.89 Å². The molecule has 1 aromatic heterocycles. The number of rotatable bonds is 6. The monoisotopic (exact) mass is 283 g/mol. The van der Waals surface area contributed by atoms with Crippen LogP contribution in [0.4, 0.5) is 0 Å². The Bertz CT molecular complexity index is 452. The molecule has 1 aromatic rings. The second kappa shape index (κ2) is 6.32.